The van der Waals surface area contributed by atoms with Crippen molar-refractivity contribution in [3.8, 4) is 0 Å². The topological polar surface area (TPSA) is 174 Å². The molecule has 2 aliphatic rings. The third-order valence-corrected chi connectivity index (χ3v) is 5.33. The van der Waals surface area contributed by atoms with Crippen LogP contribution >= 0.6 is 0 Å². The van der Waals surface area contributed by atoms with Gasteiger partial charge in [0.2, 0.25) is 11.8 Å². The molecule has 13 heteroatoms. The maximum atomic E-state index is 13.3. The minimum Gasteiger partial charge on any atom is -0.481 e. The Morgan fingerprint density at radius 3 is 2.47 bits per heavy atom. The molecule has 1 aromatic rings. The molecule has 0 radical (unpaired) electrons. The van der Waals surface area contributed by atoms with Crippen LogP contribution in [0.4, 0.5) is 4.79 Å². The monoisotopic (exact) mass is 473 g/mol. The Bertz CT molecular complexity index is 1010. The number of rotatable bonds is 8. The number of ketones is 1. The first kappa shape index (κ1) is 24.4. The Morgan fingerprint density at radius 2 is 1.82 bits per heavy atom. The van der Waals surface area contributed by atoms with Crippen molar-refractivity contribution in [3.63, 3.8) is 0 Å². The molecule has 13 nitrogen and oxygen atoms in total. The number of carboxylic acid groups (broad SMARTS) is 1. The van der Waals surface area contributed by atoms with Gasteiger partial charge in [0.25, 0.3) is 5.78 Å². The molecule has 2 heterocycles. The number of urea groups is 1. The van der Waals surface area contributed by atoms with E-state index in [1.165, 1.54) is 12.1 Å². The number of fused-ring (bicyclic) bond motifs is 1. The number of hydrogen-bond acceptors (Lipinski definition) is 7. The average molecular weight is 473 g/mol. The fourth-order valence-corrected chi connectivity index (χ4v) is 3.71. The van der Waals surface area contributed by atoms with E-state index in [-0.39, 0.29) is 37.8 Å². The van der Waals surface area contributed by atoms with E-state index in [0.717, 1.165) is 15.0 Å². The minimum absolute atomic E-state index is 0.105. The van der Waals surface area contributed by atoms with Gasteiger partial charge < -0.3 is 15.2 Å². The van der Waals surface area contributed by atoms with Crippen molar-refractivity contribution < 1.29 is 38.7 Å². The van der Waals surface area contributed by atoms with Crippen LogP contribution in [0.15, 0.2) is 30.3 Å². The standard InChI is InChI=1S/C21H23N5O8/c27-12-14(11-17(29)30)22-19(32)15-7-4-9-25-16(28)8-10-24(21(34)26(15)25)23-20(33)18(31)13-5-2-1-3-6-13/h1-3,5-6,12,14-15H,4,7-11H2,(H,22,32)(H,23,33)(H,29,30). The van der Waals surface area contributed by atoms with Crippen LogP contribution in [0, 0.1) is 0 Å². The van der Waals surface area contributed by atoms with Gasteiger partial charge in [-0.05, 0) is 12.8 Å². The van der Waals surface area contributed by atoms with Gasteiger partial charge in [-0.1, -0.05) is 30.3 Å². The molecule has 180 valence electrons. The van der Waals surface area contributed by atoms with Crippen LogP contribution in [0.25, 0.3) is 0 Å². The van der Waals surface area contributed by atoms with Gasteiger partial charge in [-0.15, -0.1) is 0 Å². The highest BCUT2D eigenvalue weighted by Gasteiger charge is 2.44. The molecule has 2 aliphatic heterocycles. The number of benzene rings is 1. The molecule has 0 aliphatic carbocycles. The second-order valence-electron chi connectivity index (χ2n) is 7.69. The summed E-state index contributed by atoms with van der Waals surface area (Å²) in [5, 5.41) is 13.9. The maximum absolute atomic E-state index is 13.3. The van der Waals surface area contributed by atoms with Gasteiger partial charge in [0.1, 0.15) is 12.3 Å². The lowest BCUT2D eigenvalue weighted by Crippen LogP contribution is -2.65. The van der Waals surface area contributed by atoms with Crippen molar-refractivity contribution >= 4 is 41.8 Å². The number of nitrogens with one attached hydrogen (secondary N) is 2. The molecular weight excluding hydrogens is 450 g/mol. The van der Waals surface area contributed by atoms with Crippen LogP contribution in [0.5, 0.6) is 0 Å². The van der Waals surface area contributed by atoms with E-state index in [0.29, 0.717) is 6.42 Å². The molecule has 2 unspecified atom stereocenters. The number of aliphatic carboxylic acids is 1. The molecule has 0 aromatic heterocycles. The third-order valence-electron chi connectivity index (χ3n) is 5.33. The fourth-order valence-electron chi connectivity index (χ4n) is 3.71. The van der Waals surface area contributed by atoms with Crippen molar-refractivity contribution in [2.75, 3.05) is 13.1 Å². The average Bonchev–Trinajstić information content (AvgIpc) is 2.95. The SMILES string of the molecule is O=CC(CC(=O)O)NC(=O)C1CCCN2C(=O)CCN(NC(=O)C(=O)c3ccccc3)C(=O)N12. The van der Waals surface area contributed by atoms with Crippen LogP contribution in [0.2, 0.25) is 0 Å². The zero-order valence-electron chi connectivity index (χ0n) is 18.0. The second-order valence-corrected chi connectivity index (χ2v) is 7.69. The molecule has 5 amide bonds. The molecule has 34 heavy (non-hydrogen) atoms. The van der Waals surface area contributed by atoms with Gasteiger partial charge in [-0.2, -0.15) is 0 Å². The summed E-state index contributed by atoms with van der Waals surface area (Å²) in [5.41, 5.74) is 2.31. The summed E-state index contributed by atoms with van der Waals surface area (Å²) in [6.07, 6.45) is -0.0552. The molecule has 2 fully saturated rings. The van der Waals surface area contributed by atoms with E-state index < -0.39 is 54.0 Å². The molecule has 0 bridgehead atoms. The zero-order valence-corrected chi connectivity index (χ0v) is 18.0. The zero-order chi connectivity index (χ0) is 24.8. The number of aldehydes is 1. The summed E-state index contributed by atoms with van der Waals surface area (Å²) in [5.74, 6) is -4.59. The molecule has 0 spiro atoms. The van der Waals surface area contributed by atoms with Crippen LogP contribution in [0.1, 0.15) is 36.0 Å². The number of nitrogens with zero attached hydrogens (tertiary/aromatic N) is 3. The summed E-state index contributed by atoms with van der Waals surface area (Å²) in [6.45, 7) is -0.0892. The Balaban J connectivity index is 1.79. The van der Waals surface area contributed by atoms with E-state index >= 15 is 0 Å². The van der Waals surface area contributed by atoms with Crippen molar-refractivity contribution in [3.05, 3.63) is 35.9 Å². The van der Waals surface area contributed by atoms with Gasteiger partial charge in [0, 0.05) is 18.5 Å². The highest BCUT2D eigenvalue weighted by molar-refractivity contribution is 6.42. The first-order chi connectivity index (χ1) is 16.2. The number of carboxylic acids is 1. The van der Waals surface area contributed by atoms with E-state index in [2.05, 4.69) is 10.7 Å². The Labute approximate surface area is 193 Å². The van der Waals surface area contributed by atoms with Gasteiger partial charge in [0.05, 0.1) is 19.0 Å². The van der Waals surface area contributed by atoms with E-state index in [9.17, 15) is 33.6 Å². The number of hydrogen-bond donors (Lipinski definition) is 3. The molecular formula is C21H23N5O8. The number of carbonyl (C=O) groups excluding carboxylic acids is 6. The van der Waals surface area contributed by atoms with E-state index in [4.69, 9.17) is 5.11 Å². The lowest BCUT2D eigenvalue weighted by atomic mass is 10.1. The molecule has 0 saturated carbocycles. The maximum Gasteiger partial charge on any atom is 0.358 e. The number of hydrazine groups is 2. The molecule has 2 atom stereocenters. The summed E-state index contributed by atoms with van der Waals surface area (Å²) in [6, 6.07) is 4.21. The minimum atomic E-state index is -1.32. The largest absolute Gasteiger partial charge is 0.481 e. The third kappa shape index (κ3) is 5.36. The van der Waals surface area contributed by atoms with Crippen molar-refractivity contribution in [2.45, 2.75) is 37.8 Å². The number of Topliss-reactive ketones (excluding diaryl/α,β-unsaturated/α-hetero) is 1. The van der Waals surface area contributed by atoms with Crippen LogP contribution in [-0.4, -0.2) is 87.1 Å². The van der Waals surface area contributed by atoms with Gasteiger partial charge in [-0.3, -0.25) is 29.4 Å². The quantitative estimate of drug-likeness (QED) is 0.247. The summed E-state index contributed by atoms with van der Waals surface area (Å²) >= 11 is 0. The summed E-state index contributed by atoms with van der Waals surface area (Å²) in [4.78, 5) is 85.6. The predicted octanol–water partition coefficient (Wildman–Crippen LogP) is -0.907. The Kier molecular flexibility index (Phi) is 7.56. The predicted molar refractivity (Wildman–Crippen MR) is 112 cm³/mol. The van der Waals surface area contributed by atoms with Gasteiger partial charge >= 0.3 is 17.9 Å². The first-order valence-corrected chi connectivity index (χ1v) is 10.5. The summed E-state index contributed by atoms with van der Waals surface area (Å²) < 4.78 is 0. The number of carbonyl (C=O) groups is 7. The van der Waals surface area contributed by atoms with Crippen molar-refractivity contribution in [1.29, 1.82) is 0 Å². The van der Waals surface area contributed by atoms with Crippen LogP contribution in [0.3, 0.4) is 0 Å². The van der Waals surface area contributed by atoms with Gasteiger partial charge in [-0.25, -0.2) is 19.8 Å². The summed E-state index contributed by atoms with van der Waals surface area (Å²) in [7, 11) is 0. The first-order valence-electron chi connectivity index (χ1n) is 10.5. The normalized spacial score (nSPS) is 18.9. The van der Waals surface area contributed by atoms with Crippen molar-refractivity contribution in [1.82, 2.24) is 25.8 Å². The van der Waals surface area contributed by atoms with E-state index in [1.54, 1.807) is 18.2 Å². The second kappa shape index (κ2) is 10.6. The van der Waals surface area contributed by atoms with Crippen LogP contribution < -0.4 is 10.7 Å². The Morgan fingerprint density at radius 1 is 1.12 bits per heavy atom. The molecule has 1 aromatic carbocycles. The van der Waals surface area contributed by atoms with Crippen molar-refractivity contribution in [2.24, 2.45) is 0 Å². The van der Waals surface area contributed by atoms with Crippen LogP contribution in [-0.2, 0) is 24.0 Å². The smallest absolute Gasteiger partial charge is 0.358 e. The molecule has 3 rings (SSSR count). The highest BCUT2D eigenvalue weighted by atomic mass is 16.4. The lowest BCUT2D eigenvalue weighted by molar-refractivity contribution is -0.155. The van der Waals surface area contributed by atoms with E-state index in [1.807, 2.05) is 0 Å². The molecule has 2 saturated heterocycles. The fraction of sp³-hybridized carbons (Fsp3) is 0.381. The highest BCUT2D eigenvalue weighted by Crippen LogP contribution is 2.23. The van der Waals surface area contributed by atoms with Gasteiger partial charge in [0.15, 0.2) is 0 Å². The number of amides is 5. The Hall–Kier alpha value is -4.29. The molecule has 3 N–H and O–H groups in total. The lowest BCUT2D eigenvalue weighted by Gasteiger charge is -2.42.